The van der Waals surface area contributed by atoms with Gasteiger partial charge in [-0.15, -0.1) is 0 Å². The minimum absolute atomic E-state index is 0.296. The van der Waals surface area contributed by atoms with Crippen LogP contribution in [-0.2, 0) is 10.2 Å². The van der Waals surface area contributed by atoms with Gasteiger partial charge in [-0.1, -0.05) is 67.0 Å². The fourth-order valence-corrected chi connectivity index (χ4v) is 3.89. The Hall–Kier alpha value is -3.52. The van der Waals surface area contributed by atoms with E-state index in [1.54, 1.807) is 18.2 Å². The van der Waals surface area contributed by atoms with Crippen molar-refractivity contribution in [2.24, 2.45) is 5.10 Å². The number of benzene rings is 3. The minimum Gasteiger partial charge on any atom is -0.481 e. The number of carboxylic acids is 1. The average molecular weight is 508 g/mol. The molecule has 7 nitrogen and oxygen atoms in total. The van der Waals surface area contributed by atoms with Gasteiger partial charge in [0.25, 0.3) is 5.56 Å². The molecule has 0 atom stereocenters. The normalized spacial score (nSPS) is 12.0. The van der Waals surface area contributed by atoms with Gasteiger partial charge in [0, 0.05) is 15.5 Å². The Balaban J connectivity index is 1.94. The molecule has 1 heterocycles. The molecule has 0 saturated heterocycles. The molecule has 0 aliphatic rings. The smallest absolute Gasteiger partial charge is 0.341 e. The Morgan fingerprint density at radius 1 is 1.15 bits per heavy atom. The Morgan fingerprint density at radius 3 is 2.64 bits per heavy atom. The van der Waals surface area contributed by atoms with Crippen LogP contribution in [0.5, 0.6) is 5.75 Å². The van der Waals surface area contributed by atoms with Gasteiger partial charge in [-0.05, 0) is 35.0 Å². The monoisotopic (exact) mass is 507 g/mol. The maximum atomic E-state index is 13.4. The summed E-state index contributed by atoms with van der Waals surface area (Å²) >= 11 is 3.41. The highest BCUT2D eigenvalue weighted by Crippen LogP contribution is 2.27. The molecule has 0 unspecified atom stereocenters. The van der Waals surface area contributed by atoms with Gasteiger partial charge in [0.2, 0.25) is 0 Å². The van der Waals surface area contributed by atoms with E-state index >= 15 is 0 Å². The summed E-state index contributed by atoms with van der Waals surface area (Å²) in [4.78, 5) is 29.2. The summed E-state index contributed by atoms with van der Waals surface area (Å²) in [6, 6.07) is 16.5. The molecule has 0 radical (unpaired) electrons. The van der Waals surface area contributed by atoms with Crippen molar-refractivity contribution < 1.29 is 14.6 Å². The third-order valence-electron chi connectivity index (χ3n) is 5.06. The highest BCUT2D eigenvalue weighted by Gasteiger charge is 2.23. The number of aliphatic carboxylic acids is 1. The van der Waals surface area contributed by atoms with E-state index in [1.165, 1.54) is 10.9 Å². The summed E-state index contributed by atoms with van der Waals surface area (Å²) in [7, 11) is 0. The van der Waals surface area contributed by atoms with Crippen LogP contribution in [0, 0.1) is 0 Å². The highest BCUT2D eigenvalue weighted by atomic mass is 79.9. The summed E-state index contributed by atoms with van der Waals surface area (Å²) in [5, 5.41) is 15.8. The van der Waals surface area contributed by atoms with E-state index in [9.17, 15) is 9.59 Å². The first-order valence-corrected chi connectivity index (χ1v) is 11.1. The van der Waals surface area contributed by atoms with Gasteiger partial charge < -0.3 is 9.84 Å². The topological polar surface area (TPSA) is 93.8 Å². The largest absolute Gasteiger partial charge is 0.481 e. The third kappa shape index (κ3) is 4.66. The van der Waals surface area contributed by atoms with Crippen molar-refractivity contribution in [2.75, 3.05) is 6.61 Å². The SMILES string of the molecule is CC(C)(C)c1nc2ccc(Br)cc2c(=O)n1N=Cc1c(OCC(=O)O)ccc2ccccc12. The number of nitrogens with zero attached hydrogens (tertiary/aromatic N) is 3. The molecule has 3 aromatic carbocycles. The molecule has 0 aliphatic heterocycles. The molecular formula is C25H22BrN3O4. The van der Waals surface area contributed by atoms with Crippen LogP contribution >= 0.6 is 15.9 Å². The van der Waals surface area contributed by atoms with E-state index in [-0.39, 0.29) is 5.56 Å². The Morgan fingerprint density at radius 2 is 1.91 bits per heavy atom. The lowest BCUT2D eigenvalue weighted by Crippen LogP contribution is -2.29. The summed E-state index contributed by atoms with van der Waals surface area (Å²) in [6.07, 6.45) is 1.53. The molecule has 4 rings (SSSR count). The van der Waals surface area contributed by atoms with Crippen molar-refractivity contribution in [1.82, 2.24) is 9.66 Å². The van der Waals surface area contributed by atoms with E-state index < -0.39 is 18.0 Å². The molecule has 0 bridgehead atoms. The van der Waals surface area contributed by atoms with Crippen molar-refractivity contribution in [2.45, 2.75) is 26.2 Å². The van der Waals surface area contributed by atoms with Crippen LogP contribution in [0.3, 0.4) is 0 Å². The lowest BCUT2D eigenvalue weighted by atomic mass is 9.95. The number of ether oxygens (including phenoxy) is 1. The number of hydrogen-bond donors (Lipinski definition) is 1. The van der Waals surface area contributed by atoms with Gasteiger partial charge in [0.15, 0.2) is 6.61 Å². The lowest BCUT2D eigenvalue weighted by molar-refractivity contribution is -0.139. The van der Waals surface area contributed by atoms with Crippen LogP contribution in [0.25, 0.3) is 21.7 Å². The van der Waals surface area contributed by atoms with Gasteiger partial charge in [0.05, 0.1) is 17.1 Å². The van der Waals surface area contributed by atoms with Crippen LogP contribution < -0.4 is 10.3 Å². The number of fused-ring (bicyclic) bond motifs is 2. The third-order valence-corrected chi connectivity index (χ3v) is 5.56. The molecule has 0 saturated carbocycles. The summed E-state index contributed by atoms with van der Waals surface area (Å²) in [5.41, 5.74) is 0.417. The quantitative estimate of drug-likeness (QED) is 0.385. The van der Waals surface area contributed by atoms with E-state index in [0.29, 0.717) is 28.0 Å². The summed E-state index contributed by atoms with van der Waals surface area (Å²) in [5.74, 6) is -0.213. The van der Waals surface area contributed by atoms with Gasteiger partial charge in [-0.25, -0.2) is 9.78 Å². The number of hydrogen-bond acceptors (Lipinski definition) is 5. The van der Waals surface area contributed by atoms with Gasteiger partial charge in [-0.2, -0.15) is 9.78 Å². The summed E-state index contributed by atoms with van der Waals surface area (Å²) in [6.45, 7) is 5.40. The lowest BCUT2D eigenvalue weighted by Gasteiger charge is -2.21. The maximum absolute atomic E-state index is 13.4. The van der Waals surface area contributed by atoms with Gasteiger partial charge in [0.1, 0.15) is 11.6 Å². The second kappa shape index (κ2) is 8.78. The molecule has 8 heteroatoms. The standard InChI is InChI=1S/C25H22BrN3O4/c1-25(2,3)24-28-20-10-9-16(26)12-18(20)23(32)29(24)27-13-19-17-7-5-4-6-15(17)8-11-21(19)33-14-22(30)31/h4-13H,14H2,1-3H3,(H,30,31). The van der Waals surface area contributed by atoms with Crippen molar-refractivity contribution >= 4 is 49.8 Å². The molecule has 0 fully saturated rings. The Bertz CT molecular complexity index is 1470. The van der Waals surface area contributed by atoms with Crippen molar-refractivity contribution in [3.05, 3.63) is 80.8 Å². The van der Waals surface area contributed by atoms with Crippen LogP contribution in [-0.4, -0.2) is 33.6 Å². The van der Waals surface area contributed by atoms with E-state index in [1.807, 2.05) is 57.2 Å². The van der Waals surface area contributed by atoms with Crippen LogP contribution in [0.15, 0.2) is 69.0 Å². The first-order valence-electron chi connectivity index (χ1n) is 10.3. The Kier molecular flexibility index (Phi) is 6.03. The minimum atomic E-state index is -1.08. The van der Waals surface area contributed by atoms with Crippen LogP contribution in [0.1, 0.15) is 32.2 Å². The zero-order valence-electron chi connectivity index (χ0n) is 18.4. The van der Waals surface area contributed by atoms with Crippen molar-refractivity contribution in [3.63, 3.8) is 0 Å². The van der Waals surface area contributed by atoms with Crippen molar-refractivity contribution in [1.29, 1.82) is 0 Å². The molecule has 1 N–H and O–H groups in total. The fraction of sp³-hybridized carbons (Fsp3) is 0.200. The van der Waals surface area contributed by atoms with Crippen LogP contribution in [0.2, 0.25) is 0 Å². The van der Waals surface area contributed by atoms with Crippen molar-refractivity contribution in [3.8, 4) is 5.75 Å². The zero-order chi connectivity index (χ0) is 23.8. The predicted octanol–water partition coefficient (Wildman–Crippen LogP) is 4.96. The summed E-state index contributed by atoms with van der Waals surface area (Å²) < 4.78 is 7.58. The number of carbonyl (C=O) groups is 1. The molecule has 33 heavy (non-hydrogen) atoms. The average Bonchev–Trinajstić information content (AvgIpc) is 2.76. The second-order valence-electron chi connectivity index (χ2n) is 8.59. The predicted molar refractivity (Wildman–Crippen MR) is 132 cm³/mol. The van der Waals surface area contributed by atoms with E-state index in [0.717, 1.165) is 15.2 Å². The number of halogens is 1. The molecule has 0 aliphatic carbocycles. The first kappa shape index (κ1) is 22.7. The maximum Gasteiger partial charge on any atom is 0.341 e. The molecule has 0 amide bonds. The van der Waals surface area contributed by atoms with Crippen LogP contribution in [0.4, 0.5) is 0 Å². The fourth-order valence-electron chi connectivity index (χ4n) is 3.53. The van der Waals surface area contributed by atoms with E-state index in [4.69, 9.17) is 14.8 Å². The molecule has 168 valence electrons. The second-order valence-corrected chi connectivity index (χ2v) is 9.51. The first-order chi connectivity index (χ1) is 15.6. The zero-order valence-corrected chi connectivity index (χ0v) is 20.0. The highest BCUT2D eigenvalue weighted by molar-refractivity contribution is 9.10. The number of carboxylic acid groups (broad SMARTS) is 1. The molecular weight excluding hydrogens is 486 g/mol. The van der Waals surface area contributed by atoms with Gasteiger partial charge >= 0.3 is 5.97 Å². The Labute approximate surface area is 198 Å². The van der Waals surface area contributed by atoms with E-state index in [2.05, 4.69) is 21.0 Å². The number of rotatable bonds is 5. The number of aromatic nitrogens is 2. The molecule has 1 aromatic heterocycles. The van der Waals surface area contributed by atoms with Gasteiger partial charge in [-0.3, -0.25) is 4.79 Å². The molecule has 4 aromatic rings. The molecule has 0 spiro atoms.